The number of hydrogen-bond donors (Lipinski definition) is 1. The lowest BCUT2D eigenvalue weighted by molar-refractivity contribution is -0.122. The Labute approximate surface area is 67.6 Å². The highest BCUT2D eigenvalue weighted by molar-refractivity contribution is 4.91. The van der Waals surface area contributed by atoms with Crippen molar-refractivity contribution in [3.05, 3.63) is 12.7 Å². The van der Waals surface area contributed by atoms with Crippen LogP contribution in [0.1, 0.15) is 13.8 Å². The average molecular weight is 160 g/mol. The number of hydrogen-bond acceptors (Lipinski definition) is 3. The van der Waals surface area contributed by atoms with Crippen LogP contribution in [-0.4, -0.2) is 30.7 Å². The van der Waals surface area contributed by atoms with Gasteiger partial charge in [-0.25, -0.2) is 0 Å². The average Bonchev–Trinajstić information content (AvgIpc) is 1.87. The van der Waals surface area contributed by atoms with Crippen molar-refractivity contribution in [2.24, 2.45) is 0 Å². The fraction of sp³-hybridized carbons (Fsp3) is 0.750. The lowest BCUT2D eigenvalue weighted by Gasteiger charge is -2.25. The lowest BCUT2D eigenvalue weighted by Crippen LogP contribution is -2.36. The maximum atomic E-state index is 9.45. The molecule has 0 unspecified atom stereocenters. The van der Waals surface area contributed by atoms with Crippen LogP contribution < -0.4 is 0 Å². The first-order valence-electron chi connectivity index (χ1n) is 3.48. The Kier molecular flexibility index (Phi) is 4.33. The van der Waals surface area contributed by atoms with Crippen molar-refractivity contribution in [1.29, 1.82) is 0 Å². The van der Waals surface area contributed by atoms with E-state index in [2.05, 4.69) is 11.3 Å². The summed E-state index contributed by atoms with van der Waals surface area (Å²) in [6.45, 7) is 7.03. The van der Waals surface area contributed by atoms with Gasteiger partial charge in [0.1, 0.15) is 12.9 Å². The summed E-state index contributed by atoms with van der Waals surface area (Å²) in [5, 5.41) is 9.45. The molecular weight excluding hydrogens is 144 g/mol. The summed E-state index contributed by atoms with van der Waals surface area (Å²) in [7, 11) is 1.53. The van der Waals surface area contributed by atoms with Crippen LogP contribution in [0.2, 0.25) is 0 Å². The highest BCUT2D eigenvalue weighted by atomic mass is 16.7. The molecule has 0 radical (unpaired) electrons. The van der Waals surface area contributed by atoms with Crippen molar-refractivity contribution in [2.45, 2.75) is 25.6 Å². The Morgan fingerprint density at radius 2 is 2.18 bits per heavy atom. The molecule has 0 spiro atoms. The summed E-state index contributed by atoms with van der Waals surface area (Å²) in [4.78, 5) is 0. The van der Waals surface area contributed by atoms with Gasteiger partial charge in [0.05, 0.1) is 5.60 Å². The van der Waals surface area contributed by atoms with E-state index in [0.29, 0.717) is 0 Å². The van der Waals surface area contributed by atoms with E-state index >= 15 is 0 Å². The number of ether oxygens (including phenoxy) is 2. The molecule has 0 saturated heterocycles. The zero-order chi connectivity index (χ0) is 8.91. The molecule has 0 aliphatic heterocycles. The van der Waals surface area contributed by atoms with E-state index in [1.165, 1.54) is 7.11 Å². The Bertz CT molecular complexity index is 115. The monoisotopic (exact) mass is 160 g/mol. The molecule has 11 heavy (non-hydrogen) atoms. The van der Waals surface area contributed by atoms with Gasteiger partial charge < -0.3 is 14.6 Å². The van der Waals surface area contributed by atoms with Crippen molar-refractivity contribution < 1.29 is 14.6 Å². The largest absolute Gasteiger partial charge is 0.387 e. The van der Waals surface area contributed by atoms with Crippen LogP contribution in [0.15, 0.2) is 12.7 Å². The molecule has 0 aliphatic carbocycles. The zero-order valence-corrected chi connectivity index (χ0v) is 7.33. The molecule has 0 amide bonds. The van der Waals surface area contributed by atoms with Crippen LogP contribution in [-0.2, 0) is 9.47 Å². The summed E-state index contributed by atoms with van der Waals surface area (Å²) in [5.41, 5.74) is -0.902. The van der Waals surface area contributed by atoms with Crippen LogP contribution in [0.3, 0.4) is 0 Å². The standard InChI is InChI=1S/C8H16O3/c1-5-7(8(2,3)9)11-6-10-4/h5,7,9H,1,6H2,2-4H3/t7-/m1/s1. The topological polar surface area (TPSA) is 38.7 Å². The maximum absolute atomic E-state index is 9.45. The molecule has 0 rings (SSSR count). The van der Waals surface area contributed by atoms with Gasteiger partial charge in [0.2, 0.25) is 0 Å². The van der Waals surface area contributed by atoms with Gasteiger partial charge in [0, 0.05) is 7.11 Å². The van der Waals surface area contributed by atoms with Gasteiger partial charge in [-0.15, -0.1) is 6.58 Å². The normalized spacial score (nSPS) is 14.5. The van der Waals surface area contributed by atoms with Gasteiger partial charge in [0.15, 0.2) is 0 Å². The predicted octanol–water partition coefficient (Wildman–Crippen LogP) is 0.932. The van der Waals surface area contributed by atoms with Crippen molar-refractivity contribution in [2.75, 3.05) is 13.9 Å². The third-order valence-electron chi connectivity index (χ3n) is 1.28. The van der Waals surface area contributed by atoms with Crippen molar-refractivity contribution in [3.8, 4) is 0 Å². The first kappa shape index (κ1) is 10.6. The van der Waals surface area contributed by atoms with Gasteiger partial charge >= 0.3 is 0 Å². The van der Waals surface area contributed by atoms with Crippen molar-refractivity contribution in [1.82, 2.24) is 0 Å². The quantitative estimate of drug-likeness (QED) is 0.480. The minimum atomic E-state index is -0.902. The molecule has 1 N–H and O–H groups in total. The van der Waals surface area contributed by atoms with E-state index in [4.69, 9.17) is 4.74 Å². The van der Waals surface area contributed by atoms with Crippen LogP contribution >= 0.6 is 0 Å². The molecule has 0 fully saturated rings. The lowest BCUT2D eigenvalue weighted by atomic mass is 10.0. The van der Waals surface area contributed by atoms with Crippen LogP contribution in [0.4, 0.5) is 0 Å². The van der Waals surface area contributed by atoms with E-state index in [1.807, 2.05) is 0 Å². The fourth-order valence-corrected chi connectivity index (χ4v) is 0.702. The van der Waals surface area contributed by atoms with E-state index in [-0.39, 0.29) is 12.9 Å². The van der Waals surface area contributed by atoms with E-state index in [1.54, 1.807) is 19.9 Å². The van der Waals surface area contributed by atoms with Gasteiger partial charge in [-0.3, -0.25) is 0 Å². The Morgan fingerprint density at radius 1 is 1.64 bits per heavy atom. The molecule has 1 atom stereocenters. The summed E-state index contributed by atoms with van der Waals surface area (Å²) < 4.78 is 9.80. The predicted molar refractivity (Wildman–Crippen MR) is 43.2 cm³/mol. The molecule has 0 saturated carbocycles. The van der Waals surface area contributed by atoms with Crippen molar-refractivity contribution in [3.63, 3.8) is 0 Å². The first-order chi connectivity index (χ1) is 5.02. The molecular formula is C8H16O3. The Hall–Kier alpha value is -0.380. The van der Waals surface area contributed by atoms with E-state index < -0.39 is 5.60 Å². The third kappa shape index (κ3) is 4.14. The Morgan fingerprint density at radius 3 is 2.45 bits per heavy atom. The molecule has 0 aromatic rings. The molecule has 0 heterocycles. The minimum Gasteiger partial charge on any atom is -0.387 e. The molecule has 66 valence electrons. The van der Waals surface area contributed by atoms with Crippen LogP contribution in [0.25, 0.3) is 0 Å². The Balaban J connectivity index is 3.86. The SMILES string of the molecule is C=C[C@@H](OCOC)C(C)(C)O. The van der Waals surface area contributed by atoms with Gasteiger partial charge in [-0.05, 0) is 13.8 Å². The summed E-state index contributed by atoms with van der Waals surface area (Å²) in [5.74, 6) is 0. The minimum absolute atomic E-state index is 0.167. The van der Waals surface area contributed by atoms with E-state index in [9.17, 15) is 5.11 Å². The van der Waals surface area contributed by atoms with Crippen molar-refractivity contribution >= 4 is 0 Å². The summed E-state index contributed by atoms with van der Waals surface area (Å²) in [6.07, 6.45) is 1.17. The van der Waals surface area contributed by atoms with Crippen LogP contribution in [0.5, 0.6) is 0 Å². The second-order valence-electron chi connectivity index (χ2n) is 2.88. The molecule has 3 nitrogen and oxygen atoms in total. The third-order valence-corrected chi connectivity index (χ3v) is 1.28. The molecule has 0 aromatic heterocycles. The number of aliphatic hydroxyl groups is 1. The van der Waals surface area contributed by atoms with Gasteiger partial charge in [-0.2, -0.15) is 0 Å². The molecule has 3 heteroatoms. The highest BCUT2D eigenvalue weighted by Gasteiger charge is 2.24. The highest BCUT2D eigenvalue weighted by Crippen LogP contribution is 2.12. The van der Waals surface area contributed by atoms with E-state index in [0.717, 1.165) is 0 Å². The molecule has 0 bridgehead atoms. The molecule has 0 aromatic carbocycles. The number of methoxy groups -OCH3 is 1. The zero-order valence-electron chi connectivity index (χ0n) is 7.33. The summed E-state index contributed by atoms with van der Waals surface area (Å²) >= 11 is 0. The second kappa shape index (κ2) is 4.49. The number of rotatable bonds is 5. The van der Waals surface area contributed by atoms with Gasteiger partial charge in [0.25, 0.3) is 0 Å². The maximum Gasteiger partial charge on any atom is 0.147 e. The van der Waals surface area contributed by atoms with Crippen LogP contribution in [0, 0.1) is 0 Å². The smallest absolute Gasteiger partial charge is 0.147 e. The summed E-state index contributed by atoms with van der Waals surface area (Å²) in [6, 6.07) is 0. The first-order valence-corrected chi connectivity index (χ1v) is 3.48. The molecule has 0 aliphatic rings. The second-order valence-corrected chi connectivity index (χ2v) is 2.88. The fourth-order valence-electron chi connectivity index (χ4n) is 0.702. The van der Waals surface area contributed by atoms with Gasteiger partial charge in [-0.1, -0.05) is 6.08 Å².